The van der Waals surface area contributed by atoms with Crippen molar-refractivity contribution in [3.05, 3.63) is 35.9 Å². The molecule has 0 aliphatic heterocycles. The molecule has 76 valence electrons. The second-order valence-corrected chi connectivity index (χ2v) is 2.44. The van der Waals surface area contributed by atoms with Crippen LogP contribution in [0.3, 0.4) is 0 Å². The van der Waals surface area contributed by atoms with E-state index in [1.165, 1.54) is 6.08 Å². The Morgan fingerprint density at radius 1 is 1.36 bits per heavy atom. The second kappa shape index (κ2) is 6.05. The van der Waals surface area contributed by atoms with E-state index >= 15 is 0 Å². The molecular weight excluding hydrogens is 204 g/mol. The first-order valence-corrected chi connectivity index (χ1v) is 3.77. The molecule has 0 fully saturated rings. The van der Waals surface area contributed by atoms with Gasteiger partial charge in [0, 0.05) is 6.08 Å². The molecule has 1 N–H and O–H groups in total. The third-order valence-corrected chi connectivity index (χ3v) is 1.53. The van der Waals surface area contributed by atoms with Crippen molar-refractivity contribution in [2.24, 2.45) is 0 Å². The van der Waals surface area contributed by atoms with E-state index in [-0.39, 0.29) is 12.4 Å². The van der Waals surface area contributed by atoms with Gasteiger partial charge in [-0.3, -0.25) is 0 Å². The number of hydrogen-bond acceptors (Lipinski definition) is 2. The quantitative estimate of drug-likeness (QED) is 0.785. The van der Waals surface area contributed by atoms with Gasteiger partial charge in [0.05, 0.1) is 7.11 Å². The number of carboxylic acids is 1. The molecule has 0 amide bonds. The highest BCUT2D eigenvalue weighted by Crippen LogP contribution is 2.11. The van der Waals surface area contributed by atoms with Gasteiger partial charge < -0.3 is 9.84 Å². The van der Waals surface area contributed by atoms with Crippen molar-refractivity contribution in [3.8, 4) is 5.75 Å². The molecule has 3 nitrogen and oxygen atoms in total. The second-order valence-electron chi connectivity index (χ2n) is 2.44. The molecule has 14 heavy (non-hydrogen) atoms. The van der Waals surface area contributed by atoms with Gasteiger partial charge >= 0.3 is 5.97 Å². The molecule has 0 radical (unpaired) electrons. The third-order valence-electron chi connectivity index (χ3n) is 1.53. The summed E-state index contributed by atoms with van der Waals surface area (Å²) in [6.45, 7) is 0. The van der Waals surface area contributed by atoms with E-state index < -0.39 is 5.97 Å². The molecule has 0 aromatic heterocycles. The van der Waals surface area contributed by atoms with Crippen LogP contribution in [0.4, 0.5) is 0 Å². The van der Waals surface area contributed by atoms with Crippen LogP contribution in [-0.2, 0) is 4.79 Å². The highest BCUT2D eigenvalue weighted by molar-refractivity contribution is 5.85. The minimum atomic E-state index is -0.948. The number of benzene rings is 1. The van der Waals surface area contributed by atoms with Crippen molar-refractivity contribution in [1.82, 2.24) is 0 Å². The van der Waals surface area contributed by atoms with E-state index in [1.807, 2.05) is 0 Å². The summed E-state index contributed by atoms with van der Waals surface area (Å²) in [5.74, 6) is -0.191. The number of halogens is 1. The van der Waals surface area contributed by atoms with Gasteiger partial charge in [0.25, 0.3) is 0 Å². The maximum atomic E-state index is 10.2. The number of carbonyl (C=O) groups is 1. The maximum Gasteiger partial charge on any atom is 0.328 e. The average molecular weight is 215 g/mol. The predicted octanol–water partition coefficient (Wildman–Crippen LogP) is 2.21. The molecule has 4 heteroatoms. The summed E-state index contributed by atoms with van der Waals surface area (Å²) in [5.41, 5.74) is 0.836. The molecule has 0 saturated heterocycles. The van der Waals surface area contributed by atoms with E-state index in [9.17, 15) is 4.79 Å². The first-order valence-electron chi connectivity index (χ1n) is 3.77. The van der Waals surface area contributed by atoms with Crippen LogP contribution < -0.4 is 4.74 Å². The summed E-state index contributed by atoms with van der Waals surface area (Å²) >= 11 is 0. The normalized spacial score (nSPS) is 9.50. The van der Waals surface area contributed by atoms with Gasteiger partial charge in [-0.15, -0.1) is 12.4 Å². The van der Waals surface area contributed by atoms with Gasteiger partial charge in [0.15, 0.2) is 0 Å². The molecule has 1 rings (SSSR count). The zero-order chi connectivity index (χ0) is 9.68. The van der Waals surface area contributed by atoms with Crippen LogP contribution in [0.15, 0.2) is 30.3 Å². The molecular formula is C10H11ClO3. The lowest BCUT2D eigenvalue weighted by Crippen LogP contribution is -1.86. The Morgan fingerprint density at radius 3 is 2.36 bits per heavy atom. The molecule has 1 aromatic rings. The maximum absolute atomic E-state index is 10.2. The third kappa shape index (κ3) is 3.96. The predicted molar refractivity (Wildman–Crippen MR) is 56.9 cm³/mol. The van der Waals surface area contributed by atoms with Gasteiger partial charge in [0.1, 0.15) is 5.75 Å². The SMILES string of the molecule is COc1ccc(C=CC(=O)O)cc1.Cl. The van der Waals surface area contributed by atoms with Crippen LogP contribution in [0.2, 0.25) is 0 Å². The molecule has 0 saturated carbocycles. The molecule has 0 aliphatic rings. The molecule has 0 aliphatic carbocycles. The monoisotopic (exact) mass is 214 g/mol. The zero-order valence-electron chi connectivity index (χ0n) is 7.64. The smallest absolute Gasteiger partial charge is 0.328 e. The summed E-state index contributed by atoms with van der Waals surface area (Å²) in [7, 11) is 1.59. The summed E-state index contributed by atoms with van der Waals surface area (Å²) in [5, 5.41) is 8.36. The summed E-state index contributed by atoms with van der Waals surface area (Å²) in [6.07, 6.45) is 2.63. The Bertz CT molecular complexity index is 317. The molecule has 0 unspecified atom stereocenters. The largest absolute Gasteiger partial charge is 0.497 e. The Hall–Kier alpha value is -1.48. The number of hydrogen-bond donors (Lipinski definition) is 1. The van der Waals surface area contributed by atoms with Crippen LogP contribution in [0.5, 0.6) is 5.75 Å². The molecule has 0 atom stereocenters. The molecule has 1 aromatic carbocycles. The lowest BCUT2D eigenvalue weighted by Gasteiger charge is -1.98. The van der Waals surface area contributed by atoms with Gasteiger partial charge in [-0.05, 0) is 23.8 Å². The van der Waals surface area contributed by atoms with E-state index in [4.69, 9.17) is 9.84 Å². The average Bonchev–Trinajstić information content (AvgIpc) is 2.15. The van der Waals surface area contributed by atoms with E-state index in [0.29, 0.717) is 0 Å². The minimum absolute atomic E-state index is 0. The van der Waals surface area contributed by atoms with Crippen LogP contribution in [-0.4, -0.2) is 18.2 Å². The highest BCUT2D eigenvalue weighted by atomic mass is 35.5. The number of rotatable bonds is 3. The van der Waals surface area contributed by atoms with Gasteiger partial charge in [-0.1, -0.05) is 12.1 Å². The lowest BCUT2D eigenvalue weighted by molar-refractivity contribution is -0.131. The number of methoxy groups -OCH3 is 1. The first kappa shape index (κ1) is 12.5. The standard InChI is InChI=1S/C10H10O3.ClH/c1-13-9-5-2-8(3-6-9)4-7-10(11)12;/h2-7H,1H3,(H,11,12);1H. The van der Waals surface area contributed by atoms with Crippen molar-refractivity contribution >= 4 is 24.5 Å². The van der Waals surface area contributed by atoms with E-state index in [0.717, 1.165) is 17.4 Å². The van der Waals surface area contributed by atoms with Crippen LogP contribution in [0.1, 0.15) is 5.56 Å². The topological polar surface area (TPSA) is 46.5 Å². The van der Waals surface area contributed by atoms with Crippen LogP contribution in [0, 0.1) is 0 Å². The highest BCUT2D eigenvalue weighted by Gasteiger charge is 1.91. The first-order chi connectivity index (χ1) is 6.22. The van der Waals surface area contributed by atoms with Crippen LogP contribution >= 0.6 is 12.4 Å². The molecule has 0 heterocycles. The zero-order valence-corrected chi connectivity index (χ0v) is 8.45. The van der Waals surface area contributed by atoms with E-state index in [2.05, 4.69) is 0 Å². The van der Waals surface area contributed by atoms with Gasteiger partial charge in [-0.25, -0.2) is 4.79 Å². The Morgan fingerprint density at radius 2 is 1.93 bits per heavy atom. The van der Waals surface area contributed by atoms with Crippen molar-refractivity contribution in [2.45, 2.75) is 0 Å². The van der Waals surface area contributed by atoms with Crippen molar-refractivity contribution < 1.29 is 14.6 Å². The fourth-order valence-corrected chi connectivity index (χ4v) is 0.883. The summed E-state index contributed by atoms with van der Waals surface area (Å²) in [4.78, 5) is 10.2. The summed E-state index contributed by atoms with van der Waals surface area (Å²) < 4.78 is 4.95. The molecule has 0 spiro atoms. The Labute approximate surface area is 88.4 Å². The number of aliphatic carboxylic acids is 1. The fraction of sp³-hybridized carbons (Fsp3) is 0.100. The molecule has 0 bridgehead atoms. The Kier molecular flexibility index (Phi) is 5.41. The van der Waals surface area contributed by atoms with Crippen molar-refractivity contribution in [1.29, 1.82) is 0 Å². The summed E-state index contributed by atoms with van der Waals surface area (Å²) in [6, 6.07) is 7.14. The Balaban J connectivity index is 0.00000169. The van der Waals surface area contributed by atoms with Crippen molar-refractivity contribution in [2.75, 3.05) is 7.11 Å². The van der Waals surface area contributed by atoms with Gasteiger partial charge in [0.2, 0.25) is 0 Å². The van der Waals surface area contributed by atoms with Gasteiger partial charge in [-0.2, -0.15) is 0 Å². The van der Waals surface area contributed by atoms with Crippen LogP contribution in [0.25, 0.3) is 6.08 Å². The number of carboxylic acid groups (broad SMARTS) is 1. The van der Waals surface area contributed by atoms with E-state index in [1.54, 1.807) is 31.4 Å². The minimum Gasteiger partial charge on any atom is -0.497 e. The van der Waals surface area contributed by atoms with Crippen molar-refractivity contribution in [3.63, 3.8) is 0 Å². The lowest BCUT2D eigenvalue weighted by atomic mass is 10.2. The number of ether oxygens (including phenoxy) is 1. The fourth-order valence-electron chi connectivity index (χ4n) is 0.883.